The first kappa shape index (κ1) is 22.5. The van der Waals surface area contributed by atoms with Gasteiger partial charge in [0.1, 0.15) is 5.82 Å². The third kappa shape index (κ3) is 4.82. The summed E-state index contributed by atoms with van der Waals surface area (Å²) in [5, 5.41) is 10.6. The molecule has 0 unspecified atom stereocenters. The molecule has 1 aromatic carbocycles. The van der Waals surface area contributed by atoms with Gasteiger partial charge in [-0.05, 0) is 40.4 Å². The fourth-order valence-electron chi connectivity index (χ4n) is 3.99. The van der Waals surface area contributed by atoms with E-state index < -0.39 is 0 Å². The monoisotopic (exact) mass is 527 g/mol. The Kier molecular flexibility index (Phi) is 6.59. The summed E-state index contributed by atoms with van der Waals surface area (Å²) in [6.07, 6.45) is 3.41. The van der Waals surface area contributed by atoms with Crippen LogP contribution in [0.1, 0.15) is 24.7 Å². The lowest BCUT2D eigenvalue weighted by molar-refractivity contribution is -0.118. The minimum Gasteiger partial charge on any atom is -0.378 e. The first-order valence-electron chi connectivity index (χ1n) is 11.3. The van der Waals surface area contributed by atoms with E-state index in [1.807, 2.05) is 12.1 Å². The van der Waals surface area contributed by atoms with E-state index in [2.05, 4.69) is 47.6 Å². The number of aromatic nitrogens is 6. The SMILES string of the molecule is CC(=O)NCCCc1cccc2[nH]c(CNc3nc(N4CCOCC4)nc4c(Br)cnn34)nc12. The molecule has 178 valence electrons. The smallest absolute Gasteiger partial charge is 0.230 e. The molecule has 0 bridgehead atoms. The zero-order valence-corrected chi connectivity index (χ0v) is 20.4. The highest BCUT2D eigenvalue weighted by Crippen LogP contribution is 2.23. The number of hydrogen-bond donors (Lipinski definition) is 3. The maximum Gasteiger partial charge on any atom is 0.230 e. The Labute approximate surface area is 204 Å². The van der Waals surface area contributed by atoms with Gasteiger partial charge in [-0.2, -0.15) is 19.6 Å². The average Bonchev–Trinajstić information content (AvgIpc) is 3.44. The van der Waals surface area contributed by atoms with Gasteiger partial charge >= 0.3 is 0 Å². The number of ether oxygens (including phenoxy) is 1. The summed E-state index contributed by atoms with van der Waals surface area (Å²) in [7, 11) is 0. The quantitative estimate of drug-likeness (QED) is 0.298. The number of imidazole rings is 1. The molecule has 4 heterocycles. The number of nitrogens with one attached hydrogen (secondary N) is 3. The minimum absolute atomic E-state index is 0.00819. The highest BCUT2D eigenvalue weighted by molar-refractivity contribution is 9.10. The van der Waals surface area contributed by atoms with Gasteiger partial charge in [0.15, 0.2) is 5.65 Å². The van der Waals surface area contributed by atoms with E-state index in [1.165, 1.54) is 6.92 Å². The molecule has 3 N–H and O–H groups in total. The molecule has 4 aromatic rings. The van der Waals surface area contributed by atoms with Gasteiger partial charge in [0.25, 0.3) is 0 Å². The van der Waals surface area contributed by atoms with Crippen molar-refractivity contribution in [3.05, 3.63) is 40.3 Å². The summed E-state index contributed by atoms with van der Waals surface area (Å²) < 4.78 is 7.95. The van der Waals surface area contributed by atoms with Gasteiger partial charge in [-0.3, -0.25) is 4.79 Å². The molecule has 0 spiro atoms. The number of fused-ring (bicyclic) bond motifs is 2. The molecule has 11 nitrogen and oxygen atoms in total. The maximum absolute atomic E-state index is 11.1. The number of hydrogen-bond acceptors (Lipinski definition) is 8. The zero-order chi connectivity index (χ0) is 23.5. The fourth-order valence-corrected chi connectivity index (χ4v) is 4.34. The van der Waals surface area contributed by atoms with E-state index in [0.717, 1.165) is 52.8 Å². The molecule has 5 rings (SSSR count). The molecule has 1 amide bonds. The number of halogens is 1. The lowest BCUT2D eigenvalue weighted by Gasteiger charge is -2.27. The lowest BCUT2D eigenvalue weighted by atomic mass is 10.1. The number of para-hydroxylation sites is 1. The number of anilines is 2. The number of nitrogens with zero attached hydrogens (tertiary/aromatic N) is 6. The van der Waals surface area contributed by atoms with E-state index in [4.69, 9.17) is 19.7 Å². The number of H-pyrrole nitrogens is 1. The van der Waals surface area contributed by atoms with Crippen LogP contribution < -0.4 is 15.5 Å². The standard InChI is InChI=1S/C22H26BrN9O2/c1-14(33)24-7-3-5-15-4-2-6-17-19(15)28-18(27-17)13-25-21-30-22(31-8-10-34-11-9-31)29-20-16(23)12-26-32(20)21/h2,4,6,12H,3,5,7-11,13H2,1H3,(H,24,33)(H,27,28)(H,25,29,30). The first-order chi connectivity index (χ1) is 16.6. The average molecular weight is 528 g/mol. The predicted molar refractivity (Wildman–Crippen MR) is 132 cm³/mol. The highest BCUT2D eigenvalue weighted by Gasteiger charge is 2.19. The second-order valence-corrected chi connectivity index (χ2v) is 8.97. The Balaban J connectivity index is 1.35. The normalized spacial score (nSPS) is 14.1. The summed E-state index contributed by atoms with van der Waals surface area (Å²) in [6, 6.07) is 6.13. The molecule has 1 fully saturated rings. The summed E-state index contributed by atoms with van der Waals surface area (Å²) in [5.41, 5.74) is 3.79. The number of aryl methyl sites for hydroxylation is 1. The molecule has 0 atom stereocenters. The second kappa shape index (κ2) is 9.94. The van der Waals surface area contributed by atoms with Crippen LogP contribution in [0.3, 0.4) is 0 Å². The number of carbonyl (C=O) groups is 1. The van der Waals surface area contributed by atoms with Crippen molar-refractivity contribution in [1.29, 1.82) is 0 Å². The first-order valence-corrected chi connectivity index (χ1v) is 12.1. The van der Waals surface area contributed by atoms with Crippen LogP contribution in [0.15, 0.2) is 28.9 Å². The molecule has 1 aliphatic rings. The van der Waals surface area contributed by atoms with Crippen LogP contribution in [-0.2, 0) is 22.5 Å². The van der Waals surface area contributed by atoms with E-state index in [1.54, 1.807) is 10.7 Å². The Morgan fingerprint density at radius 3 is 2.91 bits per heavy atom. The van der Waals surface area contributed by atoms with E-state index in [9.17, 15) is 4.79 Å². The number of aromatic amines is 1. The number of carbonyl (C=O) groups excluding carboxylic acids is 1. The zero-order valence-electron chi connectivity index (χ0n) is 18.8. The van der Waals surface area contributed by atoms with Crippen LogP contribution in [0.2, 0.25) is 0 Å². The number of benzene rings is 1. The van der Waals surface area contributed by atoms with Crippen LogP contribution in [0.25, 0.3) is 16.7 Å². The summed E-state index contributed by atoms with van der Waals surface area (Å²) >= 11 is 3.53. The largest absolute Gasteiger partial charge is 0.378 e. The molecule has 0 saturated carbocycles. The third-order valence-electron chi connectivity index (χ3n) is 5.66. The Morgan fingerprint density at radius 1 is 1.24 bits per heavy atom. The molecule has 34 heavy (non-hydrogen) atoms. The summed E-state index contributed by atoms with van der Waals surface area (Å²) in [4.78, 5) is 30.9. The molecule has 0 aliphatic carbocycles. The second-order valence-electron chi connectivity index (χ2n) is 8.11. The van der Waals surface area contributed by atoms with Crippen molar-refractivity contribution in [2.24, 2.45) is 0 Å². The Morgan fingerprint density at radius 2 is 2.09 bits per heavy atom. The van der Waals surface area contributed by atoms with Gasteiger partial charge in [-0.1, -0.05) is 12.1 Å². The van der Waals surface area contributed by atoms with Crippen molar-refractivity contribution < 1.29 is 9.53 Å². The third-order valence-corrected chi connectivity index (χ3v) is 6.22. The van der Waals surface area contributed by atoms with Crippen LogP contribution in [-0.4, -0.2) is 68.3 Å². The van der Waals surface area contributed by atoms with E-state index in [0.29, 0.717) is 43.8 Å². The number of morpholine rings is 1. The van der Waals surface area contributed by atoms with Gasteiger partial charge in [-0.25, -0.2) is 4.98 Å². The van der Waals surface area contributed by atoms with Crippen molar-refractivity contribution in [3.8, 4) is 0 Å². The number of amides is 1. The number of rotatable bonds is 8. The molecule has 12 heteroatoms. The van der Waals surface area contributed by atoms with Gasteiger partial charge in [0.2, 0.25) is 17.8 Å². The molecule has 3 aromatic heterocycles. The van der Waals surface area contributed by atoms with Crippen LogP contribution in [0.4, 0.5) is 11.9 Å². The van der Waals surface area contributed by atoms with Gasteiger partial charge in [0.05, 0.1) is 41.5 Å². The van der Waals surface area contributed by atoms with E-state index >= 15 is 0 Å². The van der Waals surface area contributed by atoms with Crippen molar-refractivity contribution in [1.82, 2.24) is 34.9 Å². The van der Waals surface area contributed by atoms with Crippen molar-refractivity contribution >= 4 is 50.4 Å². The van der Waals surface area contributed by atoms with Crippen LogP contribution >= 0.6 is 15.9 Å². The lowest BCUT2D eigenvalue weighted by Crippen LogP contribution is -2.37. The van der Waals surface area contributed by atoms with E-state index in [-0.39, 0.29) is 5.91 Å². The van der Waals surface area contributed by atoms with Crippen molar-refractivity contribution in [2.45, 2.75) is 26.3 Å². The summed E-state index contributed by atoms with van der Waals surface area (Å²) in [5.74, 6) is 2.03. The van der Waals surface area contributed by atoms with Crippen LogP contribution in [0.5, 0.6) is 0 Å². The molecular formula is C22H26BrN9O2. The Hall–Kier alpha value is -3.25. The van der Waals surface area contributed by atoms with Crippen LogP contribution in [0, 0.1) is 0 Å². The summed E-state index contributed by atoms with van der Waals surface area (Å²) in [6.45, 7) is 5.44. The predicted octanol–water partition coefficient (Wildman–Crippen LogP) is 2.28. The maximum atomic E-state index is 11.1. The van der Waals surface area contributed by atoms with Crippen molar-refractivity contribution in [2.75, 3.05) is 43.1 Å². The molecular weight excluding hydrogens is 502 g/mol. The topological polar surface area (TPSA) is 125 Å². The molecule has 1 saturated heterocycles. The molecule has 1 aliphatic heterocycles. The molecule has 0 radical (unpaired) electrons. The van der Waals surface area contributed by atoms with Gasteiger partial charge < -0.3 is 25.3 Å². The highest BCUT2D eigenvalue weighted by atomic mass is 79.9. The Bertz CT molecular complexity index is 1310. The minimum atomic E-state index is -0.00819. The van der Waals surface area contributed by atoms with Gasteiger partial charge in [-0.15, -0.1) is 0 Å². The van der Waals surface area contributed by atoms with Gasteiger partial charge in [0, 0.05) is 26.6 Å². The van der Waals surface area contributed by atoms with Crippen molar-refractivity contribution in [3.63, 3.8) is 0 Å². The fraction of sp³-hybridized carbons (Fsp3) is 0.409.